The molecule has 0 aliphatic heterocycles. The molecule has 1 aromatic heterocycles. The zero-order chi connectivity index (χ0) is 15.1. The van der Waals surface area contributed by atoms with Gasteiger partial charge in [-0.25, -0.2) is 4.98 Å². The maximum absolute atomic E-state index is 5.17. The highest BCUT2D eigenvalue weighted by Gasteiger charge is 2.11. The summed E-state index contributed by atoms with van der Waals surface area (Å²) in [6, 6.07) is 10.5. The molecule has 0 atom stereocenters. The average Bonchev–Trinajstić information content (AvgIpc) is 2.52. The number of para-hydroxylation sites is 1. The number of benzene rings is 1. The van der Waals surface area contributed by atoms with Gasteiger partial charge in [0, 0.05) is 38.2 Å². The Morgan fingerprint density at radius 1 is 1.29 bits per heavy atom. The van der Waals surface area contributed by atoms with Crippen molar-refractivity contribution in [3.05, 3.63) is 35.9 Å². The van der Waals surface area contributed by atoms with E-state index in [1.165, 1.54) is 10.9 Å². The molecule has 0 fully saturated rings. The van der Waals surface area contributed by atoms with Crippen LogP contribution in [-0.4, -0.2) is 38.8 Å². The third kappa shape index (κ3) is 4.16. The number of fused-ring (bicyclic) bond motifs is 1. The molecule has 114 valence electrons. The average molecular weight is 287 g/mol. The van der Waals surface area contributed by atoms with Crippen molar-refractivity contribution in [2.45, 2.75) is 19.9 Å². The van der Waals surface area contributed by atoms with Crippen LogP contribution in [0.3, 0.4) is 0 Å². The first-order chi connectivity index (χ1) is 10.3. The van der Waals surface area contributed by atoms with Crippen LogP contribution in [0.1, 0.15) is 18.9 Å². The van der Waals surface area contributed by atoms with E-state index in [1.54, 1.807) is 7.11 Å². The first kappa shape index (κ1) is 15.7. The zero-order valence-electron chi connectivity index (χ0n) is 13.2. The Bertz CT molecular complexity index is 571. The Hall–Kier alpha value is -1.65. The zero-order valence-corrected chi connectivity index (χ0v) is 13.2. The van der Waals surface area contributed by atoms with E-state index < -0.39 is 0 Å². The van der Waals surface area contributed by atoms with Crippen LogP contribution in [0.25, 0.3) is 10.9 Å². The first-order valence-electron chi connectivity index (χ1n) is 7.55. The number of likely N-dealkylation sites (N-methyl/N-ethyl adjacent to an activating group) is 1. The smallest absolute Gasteiger partial charge is 0.133 e. The van der Waals surface area contributed by atoms with Crippen LogP contribution in [0.15, 0.2) is 30.3 Å². The summed E-state index contributed by atoms with van der Waals surface area (Å²) in [6.45, 7) is 5.58. The fraction of sp³-hybridized carbons (Fsp3) is 0.471. The minimum absolute atomic E-state index is 0.701. The van der Waals surface area contributed by atoms with Gasteiger partial charge in [0.1, 0.15) is 5.82 Å². The lowest BCUT2D eigenvalue weighted by Gasteiger charge is -2.22. The van der Waals surface area contributed by atoms with E-state index in [4.69, 9.17) is 9.72 Å². The van der Waals surface area contributed by atoms with Crippen LogP contribution < -0.4 is 10.2 Å². The Kier molecular flexibility index (Phi) is 5.96. The molecule has 0 unspecified atom stereocenters. The van der Waals surface area contributed by atoms with Gasteiger partial charge in [0.2, 0.25) is 0 Å². The minimum atomic E-state index is 0.701. The van der Waals surface area contributed by atoms with Crippen LogP contribution >= 0.6 is 0 Å². The molecular weight excluding hydrogens is 262 g/mol. The largest absolute Gasteiger partial charge is 0.383 e. The quantitative estimate of drug-likeness (QED) is 0.758. The molecule has 1 heterocycles. The number of hydrogen-bond donors (Lipinski definition) is 1. The normalized spacial score (nSPS) is 11.0. The van der Waals surface area contributed by atoms with Gasteiger partial charge in [-0.1, -0.05) is 25.1 Å². The molecule has 0 aliphatic carbocycles. The van der Waals surface area contributed by atoms with Crippen molar-refractivity contribution < 1.29 is 4.74 Å². The molecule has 0 bridgehead atoms. The summed E-state index contributed by atoms with van der Waals surface area (Å²) in [5.41, 5.74) is 2.27. The van der Waals surface area contributed by atoms with Crippen LogP contribution in [0.2, 0.25) is 0 Å². The second kappa shape index (κ2) is 7.96. The Labute approximate surface area is 127 Å². The molecule has 4 nitrogen and oxygen atoms in total. The van der Waals surface area contributed by atoms with E-state index >= 15 is 0 Å². The van der Waals surface area contributed by atoms with Gasteiger partial charge in [0.05, 0.1) is 12.1 Å². The lowest BCUT2D eigenvalue weighted by atomic mass is 10.1. The first-order valence-corrected chi connectivity index (χ1v) is 7.55. The van der Waals surface area contributed by atoms with Crippen molar-refractivity contribution >= 4 is 16.7 Å². The molecule has 2 rings (SSSR count). The molecule has 2 aromatic rings. The molecule has 21 heavy (non-hydrogen) atoms. The van der Waals surface area contributed by atoms with Crippen molar-refractivity contribution in [3.63, 3.8) is 0 Å². The fourth-order valence-electron chi connectivity index (χ4n) is 2.34. The Morgan fingerprint density at radius 2 is 2.10 bits per heavy atom. The summed E-state index contributed by atoms with van der Waals surface area (Å²) in [5, 5.41) is 4.66. The fourth-order valence-corrected chi connectivity index (χ4v) is 2.34. The monoisotopic (exact) mass is 287 g/mol. The van der Waals surface area contributed by atoms with E-state index in [2.05, 4.69) is 48.5 Å². The van der Waals surface area contributed by atoms with Crippen molar-refractivity contribution in [1.29, 1.82) is 0 Å². The van der Waals surface area contributed by atoms with Gasteiger partial charge in [-0.2, -0.15) is 0 Å². The third-order valence-corrected chi connectivity index (χ3v) is 3.51. The predicted molar refractivity (Wildman–Crippen MR) is 88.9 cm³/mol. The van der Waals surface area contributed by atoms with Gasteiger partial charge in [-0.3, -0.25) is 0 Å². The molecule has 1 N–H and O–H groups in total. The van der Waals surface area contributed by atoms with Gasteiger partial charge in [-0.05, 0) is 25.1 Å². The molecule has 0 saturated carbocycles. The molecule has 0 amide bonds. The number of anilines is 1. The molecule has 1 aromatic carbocycles. The van der Waals surface area contributed by atoms with Crippen LogP contribution in [-0.2, 0) is 11.3 Å². The maximum atomic E-state index is 5.17. The van der Waals surface area contributed by atoms with Gasteiger partial charge in [0.15, 0.2) is 0 Å². The van der Waals surface area contributed by atoms with Crippen molar-refractivity contribution in [2.75, 3.05) is 38.8 Å². The number of rotatable bonds is 8. The van der Waals surface area contributed by atoms with E-state index in [1.807, 2.05) is 6.07 Å². The van der Waals surface area contributed by atoms with Crippen LogP contribution in [0.4, 0.5) is 5.82 Å². The third-order valence-electron chi connectivity index (χ3n) is 3.51. The van der Waals surface area contributed by atoms with Crippen molar-refractivity contribution in [3.8, 4) is 0 Å². The van der Waals surface area contributed by atoms with E-state index in [0.717, 1.165) is 37.4 Å². The number of ether oxygens (including phenoxy) is 1. The summed E-state index contributed by atoms with van der Waals surface area (Å²) in [5.74, 6) is 1.04. The highest BCUT2D eigenvalue weighted by atomic mass is 16.5. The number of hydrogen-bond acceptors (Lipinski definition) is 4. The SMILES string of the molecule is CCCNCc1cc2ccccc2nc1N(C)CCOC. The molecule has 0 radical (unpaired) electrons. The lowest BCUT2D eigenvalue weighted by Crippen LogP contribution is -2.26. The highest BCUT2D eigenvalue weighted by molar-refractivity contribution is 5.81. The number of pyridine rings is 1. The van der Waals surface area contributed by atoms with Crippen LogP contribution in [0, 0.1) is 0 Å². The number of methoxy groups -OCH3 is 1. The van der Waals surface area contributed by atoms with Gasteiger partial charge in [-0.15, -0.1) is 0 Å². The molecule has 0 spiro atoms. The minimum Gasteiger partial charge on any atom is -0.383 e. The summed E-state index contributed by atoms with van der Waals surface area (Å²) < 4.78 is 5.17. The molecule has 4 heteroatoms. The standard InChI is InChI=1S/C17H25N3O/c1-4-9-18-13-15-12-14-7-5-6-8-16(14)19-17(15)20(2)10-11-21-3/h5-8,12,18H,4,9-11,13H2,1-3H3. The maximum Gasteiger partial charge on any atom is 0.133 e. The topological polar surface area (TPSA) is 37.4 Å². The van der Waals surface area contributed by atoms with Gasteiger partial charge < -0.3 is 15.0 Å². The molecule has 0 saturated heterocycles. The molecule has 0 aliphatic rings. The predicted octanol–water partition coefficient (Wildman–Crippen LogP) is 2.82. The van der Waals surface area contributed by atoms with Gasteiger partial charge in [0.25, 0.3) is 0 Å². The summed E-state index contributed by atoms with van der Waals surface area (Å²) in [6.07, 6.45) is 1.13. The van der Waals surface area contributed by atoms with Crippen molar-refractivity contribution in [2.24, 2.45) is 0 Å². The Balaban J connectivity index is 2.31. The highest BCUT2D eigenvalue weighted by Crippen LogP contribution is 2.22. The van der Waals surface area contributed by atoms with E-state index in [9.17, 15) is 0 Å². The number of nitrogens with zero attached hydrogens (tertiary/aromatic N) is 2. The number of aromatic nitrogens is 1. The second-order valence-electron chi connectivity index (χ2n) is 5.25. The summed E-state index contributed by atoms with van der Waals surface area (Å²) in [4.78, 5) is 7.00. The van der Waals surface area contributed by atoms with E-state index in [0.29, 0.717) is 6.61 Å². The Morgan fingerprint density at radius 3 is 2.86 bits per heavy atom. The van der Waals surface area contributed by atoms with Gasteiger partial charge >= 0.3 is 0 Å². The van der Waals surface area contributed by atoms with Crippen LogP contribution in [0.5, 0.6) is 0 Å². The lowest BCUT2D eigenvalue weighted by molar-refractivity contribution is 0.206. The van der Waals surface area contributed by atoms with Crippen molar-refractivity contribution in [1.82, 2.24) is 10.3 Å². The van der Waals surface area contributed by atoms with E-state index in [-0.39, 0.29) is 0 Å². The summed E-state index contributed by atoms with van der Waals surface area (Å²) in [7, 11) is 3.80. The second-order valence-corrected chi connectivity index (χ2v) is 5.25. The molecular formula is C17H25N3O. The number of nitrogens with one attached hydrogen (secondary N) is 1. The summed E-state index contributed by atoms with van der Waals surface area (Å²) >= 11 is 0.